The fraction of sp³-hybridized carbons (Fsp3) is 0.300. The molecule has 1 aliphatic rings. The van der Waals surface area contributed by atoms with E-state index in [1.807, 2.05) is 36.1 Å². The lowest BCUT2D eigenvalue weighted by Crippen LogP contribution is -2.37. The van der Waals surface area contributed by atoms with E-state index in [9.17, 15) is 4.79 Å². The number of carbonyl (C=O) groups excluding carboxylic acids is 1. The van der Waals surface area contributed by atoms with Crippen LogP contribution in [0.3, 0.4) is 0 Å². The van der Waals surface area contributed by atoms with Crippen molar-refractivity contribution in [3.05, 3.63) is 59.6 Å². The van der Waals surface area contributed by atoms with Crippen molar-refractivity contribution >= 4 is 11.8 Å². The molecule has 8 nitrogen and oxygen atoms in total. The molecule has 28 heavy (non-hydrogen) atoms. The van der Waals surface area contributed by atoms with Crippen molar-refractivity contribution in [2.45, 2.75) is 13.5 Å². The first-order valence-corrected chi connectivity index (χ1v) is 9.05. The zero-order chi connectivity index (χ0) is 19.3. The number of ether oxygens (including phenoxy) is 2. The second kappa shape index (κ2) is 8.18. The molecule has 8 heteroatoms. The van der Waals surface area contributed by atoms with Crippen LogP contribution in [0.25, 0.3) is 11.4 Å². The first-order valence-electron chi connectivity index (χ1n) is 9.05. The normalized spacial score (nSPS) is 14.1. The molecule has 3 aromatic rings. The largest absolute Gasteiger partial charge is 0.452 e. The minimum Gasteiger partial charge on any atom is -0.452 e. The molecule has 3 heterocycles. The number of aryl methyl sites for hydroxylation is 1. The van der Waals surface area contributed by atoms with Crippen LogP contribution in [0, 0.1) is 6.92 Å². The Morgan fingerprint density at radius 1 is 1.18 bits per heavy atom. The van der Waals surface area contributed by atoms with Gasteiger partial charge in [0, 0.05) is 24.8 Å². The predicted octanol–water partition coefficient (Wildman–Crippen LogP) is 2.63. The Labute approximate surface area is 162 Å². The van der Waals surface area contributed by atoms with E-state index in [0.717, 1.165) is 11.1 Å². The molecule has 0 N–H and O–H groups in total. The highest BCUT2D eigenvalue weighted by Gasteiger charge is 2.21. The van der Waals surface area contributed by atoms with Gasteiger partial charge >= 0.3 is 5.97 Å². The van der Waals surface area contributed by atoms with Crippen molar-refractivity contribution in [2.24, 2.45) is 0 Å². The van der Waals surface area contributed by atoms with Gasteiger partial charge in [-0.05, 0) is 19.1 Å². The number of morpholine rings is 1. The number of pyridine rings is 1. The van der Waals surface area contributed by atoms with Gasteiger partial charge in [0.15, 0.2) is 6.61 Å². The van der Waals surface area contributed by atoms with E-state index in [-0.39, 0.29) is 12.5 Å². The van der Waals surface area contributed by atoms with Crippen LogP contribution in [0.4, 0.5) is 5.82 Å². The van der Waals surface area contributed by atoms with E-state index in [2.05, 4.69) is 15.1 Å². The third kappa shape index (κ3) is 4.01. The number of aromatic nitrogens is 3. The van der Waals surface area contributed by atoms with Crippen molar-refractivity contribution < 1.29 is 18.8 Å². The maximum Gasteiger partial charge on any atom is 0.342 e. The molecule has 0 unspecified atom stereocenters. The molecule has 4 rings (SSSR count). The fourth-order valence-electron chi connectivity index (χ4n) is 2.92. The molecule has 0 amide bonds. The minimum atomic E-state index is -0.482. The van der Waals surface area contributed by atoms with E-state index in [4.69, 9.17) is 14.0 Å². The quantitative estimate of drug-likeness (QED) is 0.624. The number of benzene rings is 1. The molecule has 144 valence electrons. The van der Waals surface area contributed by atoms with Gasteiger partial charge in [-0.25, -0.2) is 9.78 Å². The Morgan fingerprint density at radius 2 is 1.96 bits per heavy atom. The van der Waals surface area contributed by atoms with Gasteiger partial charge in [-0.3, -0.25) is 0 Å². The van der Waals surface area contributed by atoms with Gasteiger partial charge in [-0.2, -0.15) is 4.98 Å². The second-order valence-corrected chi connectivity index (χ2v) is 6.43. The van der Waals surface area contributed by atoms with Crippen LogP contribution in [-0.2, 0) is 16.1 Å². The summed E-state index contributed by atoms with van der Waals surface area (Å²) in [5, 5.41) is 3.95. The highest BCUT2D eigenvalue weighted by Crippen LogP contribution is 2.20. The molecule has 0 aliphatic carbocycles. The zero-order valence-corrected chi connectivity index (χ0v) is 15.5. The van der Waals surface area contributed by atoms with Crippen LogP contribution < -0.4 is 4.90 Å². The third-order valence-electron chi connectivity index (χ3n) is 4.42. The summed E-state index contributed by atoms with van der Waals surface area (Å²) in [7, 11) is 0. The van der Waals surface area contributed by atoms with Crippen molar-refractivity contribution in [1.29, 1.82) is 0 Å². The lowest BCUT2D eigenvalue weighted by Gasteiger charge is -2.28. The molecule has 0 saturated carbocycles. The highest BCUT2D eigenvalue weighted by atomic mass is 16.6. The van der Waals surface area contributed by atoms with Crippen molar-refractivity contribution in [1.82, 2.24) is 15.1 Å². The predicted molar refractivity (Wildman–Crippen MR) is 101 cm³/mol. The average Bonchev–Trinajstić information content (AvgIpc) is 3.22. The molecule has 0 atom stereocenters. The lowest BCUT2D eigenvalue weighted by molar-refractivity contribution is 0.0429. The Kier molecular flexibility index (Phi) is 5.29. The van der Waals surface area contributed by atoms with Gasteiger partial charge in [-0.15, -0.1) is 0 Å². The molecule has 1 aromatic carbocycles. The van der Waals surface area contributed by atoms with E-state index in [0.29, 0.717) is 43.5 Å². The van der Waals surface area contributed by atoms with E-state index >= 15 is 0 Å². The number of nitrogens with zero attached hydrogens (tertiary/aromatic N) is 4. The molecule has 1 aliphatic heterocycles. The Balaban J connectivity index is 1.43. The summed E-state index contributed by atoms with van der Waals surface area (Å²) in [4.78, 5) is 23.2. The number of hydrogen-bond donors (Lipinski definition) is 0. The van der Waals surface area contributed by atoms with Crippen LogP contribution >= 0.6 is 0 Å². The molecular weight excluding hydrogens is 360 g/mol. The smallest absolute Gasteiger partial charge is 0.342 e. The first-order chi connectivity index (χ1) is 13.7. The molecule has 1 fully saturated rings. The van der Waals surface area contributed by atoms with Crippen molar-refractivity contribution in [2.75, 3.05) is 31.2 Å². The first kappa shape index (κ1) is 18.1. The van der Waals surface area contributed by atoms with Crippen molar-refractivity contribution in [3.8, 4) is 11.4 Å². The highest BCUT2D eigenvalue weighted by molar-refractivity contribution is 5.94. The third-order valence-corrected chi connectivity index (χ3v) is 4.42. The number of carbonyl (C=O) groups is 1. The Morgan fingerprint density at radius 3 is 2.75 bits per heavy atom. The van der Waals surface area contributed by atoms with Crippen molar-refractivity contribution in [3.63, 3.8) is 0 Å². The van der Waals surface area contributed by atoms with Crippen LogP contribution in [0.15, 0.2) is 47.1 Å². The summed E-state index contributed by atoms with van der Waals surface area (Å²) in [5.74, 6) is 0.813. The van der Waals surface area contributed by atoms with Gasteiger partial charge in [0.2, 0.25) is 5.82 Å². The summed E-state index contributed by atoms with van der Waals surface area (Å²) < 4.78 is 15.9. The standard InChI is InChI=1S/C20H20N4O4/c1-14-4-6-15(7-5-14)18-22-17(28-23-18)13-27-20(25)16-3-2-8-21-19(16)24-9-11-26-12-10-24/h2-8H,9-13H2,1H3. The summed E-state index contributed by atoms with van der Waals surface area (Å²) in [6.07, 6.45) is 1.66. The molecule has 2 aromatic heterocycles. The monoisotopic (exact) mass is 380 g/mol. The number of hydrogen-bond acceptors (Lipinski definition) is 8. The van der Waals surface area contributed by atoms with Gasteiger partial charge < -0.3 is 18.9 Å². The van der Waals surface area contributed by atoms with E-state index < -0.39 is 5.97 Å². The number of anilines is 1. The van der Waals surface area contributed by atoms with Crippen LogP contribution in [0.2, 0.25) is 0 Å². The minimum absolute atomic E-state index is 0.102. The molecule has 0 spiro atoms. The zero-order valence-electron chi connectivity index (χ0n) is 15.5. The van der Waals surface area contributed by atoms with E-state index in [1.165, 1.54) is 0 Å². The summed E-state index contributed by atoms with van der Waals surface area (Å²) in [5.41, 5.74) is 2.39. The number of esters is 1. The summed E-state index contributed by atoms with van der Waals surface area (Å²) >= 11 is 0. The summed E-state index contributed by atoms with van der Waals surface area (Å²) in [6.45, 7) is 4.48. The average molecular weight is 380 g/mol. The number of rotatable bonds is 5. The molecular formula is C20H20N4O4. The van der Waals surface area contributed by atoms with Gasteiger partial charge in [0.05, 0.1) is 13.2 Å². The molecule has 0 bridgehead atoms. The Bertz CT molecular complexity index is 949. The molecule has 0 radical (unpaired) electrons. The second-order valence-electron chi connectivity index (χ2n) is 6.43. The lowest BCUT2D eigenvalue weighted by atomic mass is 10.1. The topological polar surface area (TPSA) is 90.6 Å². The van der Waals surface area contributed by atoms with Gasteiger partial charge in [-0.1, -0.05) is 35.0 Å². The molecule has 1 saturated heterocycles. The van der Waals surface area contributed by atoms with Gasteiger partial charge in [0.1, 0.15) is 11.4 Å². The van der Waals surface area contributed by atoms with Crippen LogP contribution in [0.1, 0.15) is 21.8 Å². The Hall–Kier alpha value is -3.26. The maximum absolute atomic E-state index is 12.6. The van der Waals surface area contributed by atoms with E-state index in [1.54, 1.807) is 18.3 Å². The van der Waals surface area contributed by atoms with Crippen LogP contribution in [0.5, 0.6) is 0 Å². The summed E-state index contributed by atoms with van der Waals surface area (Å²) in [6, 6.07) is 11.2. The maximum atomic E-state index is 12.6. The van der Waals surface area contributed by atoms with Gasteiger partial charge in [0.25, 0.3) is 5.89 Å². The fourth-order valence-corrected chi connectivity index (χ4v) is 2.92. The SMILES string of the molecule is Cc1ccc(-c2noc(COC(=O)c3cccnc3N3CCOCC3)n2)cc1. The van der Waals surface area contributed by atoms with Crippen LogP contribution in [-0.4, -0.2) is 47.4 Å².